The van der Waals surface area contributed by atoms with E-state index in [9.17, 15) is 9.90 Å². The SMILES string of the molecule is O=C(O)c1ccccc1-c1ccccc1OCCCCCCO. The van der Waals surface area contributed by atoms with Crippen molar-refractivity contribution >= 4 is 5.97 Å². The molecule has 0 spiro atoms. The van der Waals surface area contributed by atoms with E-state index in [0.29, 0.717) is 17.9 Å². The Morgan fingerprint density at radius 2 is 1.52 bits per heavy atom. The summed E-state index contributed by atoms with van der Waals surface area (Å²) in [6.45, 7) is 0.813. The first-order valence-electron chi connectivity index (χ1n) is 7.89. The van der Waals surface area contributed by atoms with E-state index < -0.39 is 5.97 Å². The molecule has 0 radical (unpaired) electrons. The van der Waals surface area contributed by atoms with Gasteiger partial charge in [0.25, 0.3) is 0 Å². The Hall–Kier alpha value is -2.33. The van der Waals surface area contributed by atoms with Crippen LogP contribution in [0.2, 0.25) is 0 Å². The van der Waals surface area contributed by atoms with Crippen molar-refractivity contribution in [3.63, 3.8) is 0 Å². The van der Waals surface area contributed by atoms with Crippen molar-refractivity contribution in [2.24, 2.45) is 0 Å². The molecular weight excluding hydrogens is 292 g/mol. The second kappa shape index (κ2) is 8.96. The second-order valence-electron chi connectivity index (χ2n) is 5.33. The van der Waals surface area contributed by atoms with E-state index in [1.165, 1.54) is 0 Å². The maximum absolute atomic E-state index is 11.4. The van der Waals surface area contributed by atoms with Crippen LogP contribution in [0.15, 0.2) is 48.5 Å². The van der Waals surface area contributed by atoms with Crippen LogP contribution < -0.4 is 4.74 Å². The quantitative estimate of drug-likeness (QED) is 0.687. The van der Waals surface area contributed by atoms with E-state index in [1.54, 1.807) is 18.2 Å². The number of carbonyl (C=O) groups is 1. The van der Waals surface area contributed by atoms with Gasteiger partial charge >= 0.3 is 5.97 Å². The van der Waals surface area contributed by atoms with Gasteiger partial charge < -0.3 is 14.9 Å². The number of carboxylic acid groups (broad SMARTS) is 1. The Balaban J connectivity index is 2.11. The zero-order chi connectivity index (χ0) is 16.5. The molecule has 4 heteroatoms. The van der Waals surface area contributed by atoms with E-state index in [2.05, 4.69) is 0 Å². The van der Waals surface area contributed by atoms with Gasteiger partial charge in [-0.3, -0.25) is 0 Å². The molecule has 0 atom stereocenters. The van der Waals surface area contributed by atoms with Gasteiger partial charge in [0, 0.05) is 12.2 Å². The fraction of sp³-hybridized carbons (Fsp3) is 0.316. The largest absolute Gasteiger partial charge is 0.493 e. The molecule has 2 rings (SSSR count). The first-order chi connectivity index (χ1) is 11.2. The van der Waals surface area contributed by atoms with E-state index in [4.69, 9.17) is 9.84 Å². The van der Waals surface area contributed by atoms with Crippen LogP contribution in [0.5, 0.6) is 5.75 Å². The Kier molecular flexibility index (Phi) is 6.63. The van der Waals surface area contributed by atoms with Gasteiger partial charge in [-0.05, 0) is 37.0 Å². The highest BCUT2D eigenvalue weighted by atomic mass is 16.5. The third-order valence-electron chi connectivity index (χ3n) is 3.64. The molecule has 0 saturated heterocycles. The number of rotatable bonds is 9. The van der Waals surface area contributed by atoms with Crippen LogP contribution in [-0.4, -0.2) is 29.4 Å². The lowest BCUT2D eigenvalue weighted by Crippen LogP contribution is -2.02. The molecule has 0 heterocycles. The highest BCUT2D eigenvalue weighted by Crippen LogP contribution is 2.32. The van der Waals surface area contributed by atoms with Crippen LogP contribution in [0.25, 0.3) is 11.1 Å². The lowest BCUT2D eigenvalue weighted by molar-refractivity contribution is 0.0697. The summed E-state index contributed by atoms with van der Waals surface area (Å²) in [5, 5.41) is 18.1. The zero-order valence-electron chi connectivity index (χ0n) is 13.1. The Bertz CT molecular complexity index is 637. The van der Waals surface area contributed by atoms with Crippen molar-refractivity contribution in [2.75, 3.05) is 13.2 Å². The zero-order valence-corrected chi connectivity index (χ0v) is 13.1. The van der Waals surface area contributed by atoms with Gasteiger partial charge in [-0.1, -0.05) is 42.8 Å². The number of hydrogen-bond donors (Lipinski definition) is 2. The molecular formula is C19H22O4. The first kappa shape index (κ1) is 17.0. The number of hydrogen-bond acceptors (Lipinski definition) is 3. The van der Waals surface area contributed by atoms with E-state index in [-0.39, 0.29) is 12.2 Å². The van der Waals surface area contributed by atoms with Crippen LogP contribution in [0, 0.1) is 0 Å². The lowest BCUT2D eigenvalue weighted by Gasteiger charge is -2.13. The number of aliphatic hydroxyl groups is 1. The molecule has 0 saturated carbocycles. The van der Waals surface area contributed by atoms with Crippen LogP contribution in [0.4, 0.5) is 0 Å². The Morgan fingerprint density at radius 1 is 0.870 bits per heavy atom. The third-order valence-corrected chi connectivity index (χ3v) is 3.64. The standard InChI is InChI=1S/C19H22O4/c20-13-7-1-2-8-14-23-18-12-6-5-10-16(18)15-9-3-4-11-17(15)19(21)22/h3-6,9-12,20H,1-2,7-8,13-14H2,(H,21,22). The van der Waals surface area contributed by atoms with Crippen molar-refractivity contribution in [3.05, 3.63) is 54.1 Å². The van der Waals surface area contributed by atoms with Gasteiger partial charge in [0.2, 0.25) is 0 Å². The molecule has 2 N–H and O–H groups in total. The average Bonchev–Trinajstić information content (AvgIpc) is 2.58. The topological polar surface area (TPSA) is 66.8 Å². The average molecular weight is 314 g/mol. The monoisotopic (exact) mass is 314 g/mol. The van der Waals surface area contributed by atoms with Gasteiger partial charge in [-0.2, -0.15) is 0 Å². The van der Waals surface area contributed by atoms with E-state index >= 15 is 0 Å². The molecule has 0 aliphatic carbocycles. The maximum atomic E-state index is 11.4. The van der Waals surface area contributed by atoms with Gasteiger partial charge in [-0.25, -0.2) is 4.79 Å². The summed E-state index contributed by atoms with van der Waals surface area (Å²) < 4.78 is 5.85. The predicted molar refractivity (Wildman–Crippen MR) is 89.9 cm³/mol. The minimum absolute atomic E-state index is 0.232. The molecule has 2 aromatic carbocycles. The lowest BCUT2D eigenvalue weighted by atomic mass is 9.99. The molecule has 0 bridgehead atoms. The normalized spacial score (nSPS) is 10.5. The highest BCUT2D eigenvalue weighted by molar-refractivity contribution is 5.96. The number of carboxylic acids is 1. The Morgan fingerprint density at radius 3 is 2.26 bits per heavy atom. The van der Waals surface area contributed by atoms with Crippen molar-refractivity contribution in [2.45, 2.75) is 25.7 Å². The van der Waals surface area contributed by atoms with Crippen molar-refractivity contribution < 1.29 is 19.7 Å². The second-order valence-corrected chi connectivity index (χ2v) is 5.33. The molecule has 0 amide bonds. The molecule has 0 fully saturated rings. The fourth-order valence-corrected chi connectivity index (χ4v) is 2.47. The minimum Gasteiger partial charge on any atom is -0.493 e. The van der Waals surface area contributed by atoms with Gasteiger partial charge in [-0.15, -0.1) is 0 Å². The minimum atomic E-state index is -0.945. The highest BCUT2D eigenvalue weighted by Gasteiger charge is 2.14. The molecule has 23 heavy (non-hydrogen) atoms. The molecule has 0 aliphatic heterocycles. The molecule has 122 valence electrons. The summed E-state index contributed by atoms with van der Waals surface area (Å²) in [5.74, 6) is -0.247. The van der Waals surface area contributed by atoms with Crippen molar-refractivity contribution in [3.8, 4) is 16.9 Å². The van der Waals surface area contributed by atoms with E-state index in [0.717, 1.165) is 31.2 Å². The third kappa shape index (κ3) is 4.83. The summed E-state index contributed by atoms with van der Waals surface area (Å²) in [5.41, 5.74) is 1.73. The summed E-state index contributed by atoms with van der Waals surface area (Å²) in [7, 11) is 0. The van der Waals surface area contributed by atoms with Gasteiger partial charge in [0.1, 0.15) is 5.75 Å². The Labute approximate surface area is 136 Å². The van der Waals surface area contributed by atoms with E-state index in [1.807, 2.05) is 30.3 Å². The van der Waals surface area contributed by atoms with Crippen LogP contribution in [-0.2, 0) is 0 Å². The summed E-state index contributed by atoms with van der Waals surface area (Å²) in [4.78, 5) is 11.4. The number of para-hydroxylation sites is 1. The summed E-state index contributed by atoms with van der Waals surface area (Å²) in [6, 6.07) is 14.4. The van der Waals surface area contributed by atoms with Crippen LogP contribution in [0.3, 0.4) is 0 Å². The molecule has 0 unspecified atom stereocenters. The molecule has 2 aromatic rings. The molecule has 0 aliphatic rings. The smallest absolute Gasteiger partial charge is 0.336 e. The maximum Gasteiger partial charge on any atom is 0.336 e. The van der Waals surface area contributed by atoms with Crippen LogP contribution >= 0.6 is 0 Å². The van der Waals surface area contributed by atoms with Gasteiger partial charge in [0.15, 0.2) is 0 Å². The number of aromatic carboxylic acids is 1. The van der Waals surface area contributed by atoms with Crippen molar-refractivity contribution in [1.29, 1.82) is 0 Å². The van der Waals surface area contributed by atoms with Crippen LogP contribution in [0.1, 0.15) is 36.0 Å². The summed E-state index contributed by atoms with van der Waals surface area (Å²) >= 11 is 0. The number of benzene rings is 2. The predicted octanol–water partition coefficient (Wildman–Crippen LogP) is 3.98. The first-order valence-corrected chi connectivity index (χ1v) is 7.89. The van der Waals surface area contributed by atoms with Gasteiger partial charge in [0.05, 0.1) is 12.2 Å². The number of aliphatic hydroxyl groups excluding tert-OH is 1. The fourth-order valence-electron chi connectivity index (χ4n) is 2.47. The molecule has 0 aromatic heterocycles. The van der Waals surface area contributed by atoms with Crippen molar-refractivity contribution in [1.82, 2.24) is 0 Å². The molecule has 4 nitrogen and oxygen atoms in total. The number of unbranched alkanes of at least 4 members (excludes halogenated alkanes) is 3. The summed E-state index contributed by atoms with van der Waals surface area (Å²) in [6.07, 6.45) is 3.73. The number of ether oxygens (including phenoxy) is 1.